The zero-order valence-corrected chi connectivity index (χ0v) is 13.7. The maximum absolute atomic E-state index is 5.90. The summed E-state index contributed by atoms with van der Waals surface area (Å²) in [6.45, 7) is 8.86. The molecule has 19 heavy (non-hydrogen) atoms. The van der Waals surface area contributed by atoms with Gasteiger partial charge in [0.25, 0.3) is 0 Å². The Morgan fingerprint density at radius 3 is 2.05 bits per heavy atom. The Bertz CT molecular complexity index is 254. The van der Waals surface area contributed by atoms with Crippen LogP contribution < -0.4 is 0 Å². The number of hydrogen-bond acceptors (Lipinski definition) is 4. The summed E-state index contributed by atoms with van der Waals surface area (Å²) in [5, 5.41) is 0. The topological polar surface area (TPSA) is 40.0 Å². The van der Waals surface area contributed by atoms with Gasteiger partial charge < -0.3 is 13.3 Å². The second-order valence-electron chi connectivity index (χ2n) is 4.77. The summed E-state index contributed by atoms with van der Waals surface area (Å²) in [6.07, 6.45) is 6.12. The van der Waals surface area contributed by atoms with E-state index < -0.39 is 8.80 Å². The number of rotatable bonds is 8. The van der Waals surface area contributed by atoms with Crippen molar-refractivity contribution >= 4 is 14.5 Å². The third-order valence-corrected chi connectivity index (χ3v) is 6.25. The van der Waals surface area contributed by atoms with Crippen LogP contribution in [0.5, 0.6) is 0 Å². The van der Waals surface area contributed by atoms with Crippen molar-refractivity contribution in [1.82, 2.24) is 0 Å². The summed E-state index contributed by atoms with van der Waals surface area (Å²) in [6, 6.07) is 0.766. The molecule has 0 fully saturated rings. The molecule has 0 spiro atoms. The molecule has 1 aliphatic heterocycles. The Kier molecular flexibility index (Phi) is 8.53. The fraction of sp³-hybridized carbons (Fsp3) is 0.929. The first-order valence-electron chi connectivity index (χ1n) is 7.70. The number of aliphatic imine (C=N–C) groups is 1. The molecule has 0 aliphatic carbocycles. The van der Waals surface area contributed by atoms with E-state index in [0.29, 0.717) is 19.8 Å². The largest absolute Gasteiger partial charge is 0.506 e. The van der Waals surface area contributed by atoms with Gasteiger partial charge in [0.2, 0.25) is 0 Å². The van der Waals surface area contributed by atoms with E-state index in [-0.39, 0.29) is 0 Å². The van der Waals surface area contributed by atoms with Gasteiger partial charge in [-0.3, -0.25) is 4.99 Å². The van der Waals surface area contributed by atoms with Crippen LogP contribution in [0.15, 0.2) is 4.99 Å². The molecule has 1 rings (SSSR count). The molecule has 1 aliphatic rings. The van der Waals surface area contributed by atoms with Gasteiger partial charge in [-0.25, -0.2) is 0 Å². The van der Waals surface area contributed by atoms with Gasteiger partial charge in [-0.1, -0.05) is 12.8 Å². The molecule has 112 valence electrons. The Hall–Kier alpha value is -0.233. The molecule has 4 nitrogen and oxygen atoms in total. The van der Waals surface area contributed by atoms with Crippen LogP contribution in [0.2, 0.25) is 6.04 Å². The molecule has 0 saturated heterocycles. The highest BCUT2D eigenvalue weighted by Crippen LogP contribution is 2.21. The minimum Gasteiger partial charge on any atom is -0.374 e. The lowest BCUT2D eigenvalue weighted by Gasteiger charge is -2.29. The molecule has 0 bridgehead atoms. The Morgan fingerprint density at radius 2 is 1.47 bits per heavy atom. The summed E-state index contributed by atoms with van der Waals surface area (Å²) < 4.78 is 17.7. The molecule has 1 heterocycles. The molecule has 0 unspecified atom stereocenters. The third-order valence-electron chi connectivity index (χ3n) is 3.22. The van der Waals surface area contributed by atoms with E-state index in [4.69, 9.17) is 18.3 Å². The lowest BCUT2D eigenvalue weighted by molar-refractivity contribution is 0.0752. The van der Waals surface area contributed by atoms with Crippen molar-refractivity contribution < 1.29 is 13.3 Å². The van der Waals surface area contributed by atoms with Crippen molar-refractivity contribution in [1.29, 1.82) is 0 Å². The average molecular weight is 287 g/mol. The Balaban J connectivity index is 2.71. The van der Waals surface area contributed by atoms with Crippen molar-refractivity contribution in [3.8, 4) is 0 Å². The van der Waals surface area contributed by atoms with Crippen LogP contribution in [-0.2, 0) is 13.3 Å². The highest BCUT2D eigenvalue weighted by Gasteiger charge is 2.41. The van der Waals surface area contributed by atoms with E-state index in [1.54, 1.807) is 0 Å². The van der Waals surface area contributed by atoms with Crippen LogP contribution >= 0.6 is 0 Å². The van der Waals surface area contributed by atoms with Crippen molar-refractivity contribution in [3.63, 3.8) is 0 Å². The minimum atomic E-state index is -2.55. The fourth-order valence-electron chi connectivity index (χ4n) is 2.44. The van der Waals surface area contributed by atoms with Crippen molar-refractivity contribution in [2.24, 2.45) is 4.99 Å². The number of hydrogen-bond donors (Lipinski definition) is 0. The van der Waals surface area contributed by atoms with Gasteiger partial charge in [0, 0.05) is 32.1 Å². The van der Waals surface area contributed by atoms with E-state index in [9.17, 15) is 0 Å². The predicted molar refractivity (Wildman–Crippen MR) is 80.8 cm³/mol. The molecule has 5 heteroatoms. The molecule has 0 aromatic heterocycles. The molecule has 0 saturated carbocycles. The number of nitrogens with zero attached hydrogens (tertiary/aromatic N) is 1. The lowest BCUT2D eigenvalue weighted by Crippen LogP contribution is -2.47. The van der Waals surface area contributed by atoms with Gasteiger partial charge in [-0.2, -0.15) is 0 Å². The first-order valence-corrected chi connectivity index (χ1v) is 9.63. The van der Waals surface area contributed by atoms with E-state index in [1.807, 2.05) is 20.8 Å². The molecular formula is C14H29NO3Si. The first-order chi connectivity index (χ1) is 9.26. The first kappa shape index (κ1) is 16.8. The summed E-state index contributed by atoms with van der Waals surface area (Å²) in [5.74, 6) is 0. The molecule has 0 radical (unpaired) electrons. The zero-order valence-electron chi connectivity index (χ0n) is 12.7. The fourth-order valence-corrected chi connectivity index (χ4v) is 5.11. The van der Waals surface area contributed by atoms with Crippen LogP contribution in [0.3, 0.4) is 0 Å². The van der Waals surface area contributed by atoms with Crippen LogP contribution in [-0.4, -0.2) is 40.9 Å². The summed E-state index contributed by atoms with van der Waals surface area (Å²) in [5.41, 5.74) is 1.24. The van der Waals surface area contributed by atoms with Gasteiger partial charge in [-0.15, -0.1) is 0 Å². The highest BCUT2D eigenvalue weighted by atomic mass is 28.4. The van der Waals surface area contributed by atoms with Crippen LogP contribution in [0.1, 0.15) is 52.9 Å². The van der Waals surface area contributed by atoms with Crippen LogP contribution in [0.25, 0.3) is 0 Å². The Labute approximate surface area is 118 Å². The highest BCUT2D eigenvalue weighted by molar-refractivity contribution is 6.64. The molecular weight excluding hydrogens is 258 g/mol. The molecule has 0 amide bonds. The van der Waals surface area contributed by atoms with Crippen molar-refractivity contribution in [2.75, 3.05) is 26.4 Å². The predicted octanol–water partition coefficient (Wildman–Crippen LogP) is 3.44. The maximum Gasteiger partial charge on any atom is 0.506 e. The smallest absolute Gasteiger partial charge is 0.374 e. The molecule has 0 aromatic rings. The normalized spacial score (nSPS) is 17.7. The standard InChI is InChI=1S/C14H29NO3Si/c1-4-16-19(17-5-2,18-6-3)13-14-11-9-7-8-10-12-15-14/h4-13H2,1-3H3. The monoisotopic (exact) mass is 287 g/mol. The van der Waals surface area contributed by atoms with Gasteiger partial charge in [0.05, 0.1) is 6.04 Å². The van der Waals surface area contributed by atoms with Crippen LogP contribution in [0.4, 0.5) is 0 Å². The Morgan fingerprint density at radius 1 is 0.895 bits per heavy atom. The van der Waals surface area contributed by atoms with E-state index in [0.717, 1.165) is 19.0 Å². The van der Waals surface area contributed by atoms with Gasteiger partial charge in [0.1, 0.15) is 0 Å². The summed E-state index contributed by atoms with van der Waals surface area (Å²) in [7, 11) is -2.55. The van der Waals surface area contributed by atoms with E-state index in [1.165, 1.54) is 31.4 Å². The third kappa shape index (κ3) is 6.16. The summed E-state index contributed by atoms with van der Waals surface area (Å²) in [4.78, 5) is 4.73. The molecule has 0 atom stereocenters. The average Bonchev–Trinajstić information content (AvgIpc) is 2.33. The van der Waals surface area contributed by atoms with Crippen molar-refractivity contribution in [3.05, 3.63) is 0 Å². The van der Waals surface area contributed by atoms with E-state index >= 15 is 0 Å². The molecule has 0 aromatic carbocycles. The van der Waals surface area contributed by atoms with Crippen LogP contribution in [0, 0.1) is 0 Å². The van der Waals surface area contributed by atoms with Gasteiger partial charge >= 0.3 is 8.80 Å². The van der Waals surface area contributed by atoms with Gasteiger partial charge in [-0.05, 0) is 40.0 Å². The maximum atomic E-state index is 5.90. The second-order valence-corrected chi connectivity index (χ2v) is 7.36. The van der Waals surface area contributed by atoms with E-state index in [2.05, 4.69) is 0 Å². The minimum absolute atomic E-state index is 0.638. The lowest BCUT2D eigenvalue weighted by atomic mass is 10.1. The van der Waals surface area contributed by atoms with Gasteiger partial charge in [0.15, 0.2) is 0 Å². The quantitative estimate of drug-likeness (QED) is 0.642. The second kappa shape index (κ2) is 9.64. The SMILES string of the molecule is CCO[Si](CC1=NCCCCCC1)(OCC)OCC. The van der Waals surface area contributed by atoms with Crippen molar-refractivity contribution in [2.45, 2.75) is 58.9 Å². The summed E-state index contributed by atoms with van der Waals surface area (Å²) >= 11 is 0. The molecule has 0 N–H and O–H groups in total. The zero-order chi connectivity index (χ0) is 14.0.